The van der Waals surface area contributed by atoms with Crippen molar-refractivity contribution in [2.45, 2.75) is 101 Å². The molecule has 3 aromatic carbocycles. The smallest absolute Gasteiger partial charge is 0.790 e. The first-order valence-corrected chi connectivity index (χ1v) is 37.1. The molecule has 0 aliphatic carbocycles. The SMILES string of the molecule is O=P([O-])([O-])O.O=S(=O)([O-])C(F)(F)F.O=S(=O)([O-])C(F)(F)F.O=S(=O)([O-])C(F)(F)F.O=S(=O)([O-])C(F)(F)F.[Zn+2].[Zn+2].[Zn+2].c1ccc(CN(Cc2ccccn2)Cc2ccccc2CN(Cc2ccccc2CN(Cc2ccccn2)Cc2ccccn2)Cc2ccccc2CN(Cc2ccccn2)Cc2ccccn2)nc1. The van der Waals surface area contributed by atoms with Crippen LogP contribution >= 0.6 is 7.82 Å². The van der Waals surface area contributed by atoms with Gasteiger partial charge in [0.15, 0.2) is 40.5 Å². The summed E-state index contributed by atoms with van der Waals surface area (Å²) in [5.41, 5.74) is -8.64. The van der Waals surface area contributed by atoms with Gasteiger partial charge in [-0.3, -0.25) is 49.5 Å². The molecule has 6 aromatic heterocycles. The Morgan fingerprint density at radius 3 is 0.482 bits per heavy atom. The van der Waals surface area contributed by atoms with Crippen LogP contribution in [0, 0.1) is 0 Å². The topological polar surface area (TPSA) is 403 Å². The first-order valence-electron chi connectivity index (χ1n) is 30.0. The first-order chi connectivity index (χ1) is 49.6. The van der Waals surface area contributed by atoms with Gasteiger partial charge in [0.1, 0.15) is 0 Å². The minimum absolute atomic E-state index is 0. The fraction of sp³-hybridized carbons (Fsp3) is 0.250. The van der Waals surface area contributed by atoms with Crippen LogP contribution in [0.1, 0.15) is 67.5 Å². The Labute approximate surface area is 662 Å². The zero-order chi connectivity index (χ0) is 79.9. The molecule has 46 heteroatoms. The average Bonchev–Trinajstić information content (AvgIpc) is 0.823. The largest absolute Gasteiger partial charge is 2.00 e. The molecule has 0 atom stereocenters. The molecule has 0 aliphatic rings. The molecule has 26 nitrogen and oxygen atoms in total. The summed E-state index contributed by atoms with van der Waals surface area (Å²) in [6.07, 6.45) is 11.3. The van der Waals surface area contributed by atoms with Gasteiger partial charge in [-0.15, -0.1) is 0 Å². The number of nitrogens with zero attached hydrogens (tertiary/aromatic N) is 10. The summed E-state index contributed by atoms with van der Waals surface area (Å²) in [6, 6.07) is 63.7. The zero-order valence-corrected chi connectivity index (χ0v) is 70.1. The van der Waals surface area contributed by atoms with Crippen LogP contribution in [0.5, 0.6) is 0 Å². The fourth-order valence-corrected chi connectivity index (χ4v) is 9.04. The summed E-state index contributed by atoms with van der Waals surface area (Å²) < 4.78 is 244. The molecule has 9 aromatic rings. The van der Waals surface area contributed by atoms with Crippen LogP contribution in [0.3, 0.4) is 0 Å². The van der Waals surface area contributed by atoms with Crippen molar-refractivity contribution in [2.24, 2.45) is 0 Å². The van der Waals surface area contributed by atoms with Crippen molar-refractivity contribution in [1.29, 1.82) is 0 Å². The molecule has 0 saturated heterocycles. The van der Waals surface area contributed by atoms with Gasteiger partial charge in [-0.2, -0.15) is 52.7 Å². The van der Waals surface area contributed by atoms with Gasteiger partial charge in [-0.1, -0.05) is 109 Å². The van der Waals surface area contributed by atoms with E-state index in [0.717, 1.165) is 73.4 Å². The Hall–Kier alpha value is -6.82. The molecule has 0 bridgehead atoms. The normalized spacial score (nSPS) is 11.9. The second-order valence-electron chi connectivity index (χ2n) is 21.9. The van der Waals surface area contributed by atoms with Crippen LogP contribution < -0.4 is 9.79 Å². The molecule has 582 valence electrons. The predicted molar refractivity (Wildman–Crippen MR) is 349 cm³/mol. The quantitative estimate of drug-likeness (QED) is 0.0194. The van der Waals surface area contributed by atoms with Crippen LogP contribution in [-0.4, -0.2) is 128 Å². The van der Waals surface area contributed by atoms with Crippen molar-refractivity contribution >= 4 is 48.3 Å². The van der Waals surface area contributed by atoms with Crippen LogP contribution in [0.15, 0.2) is 219 Å². The second kappa shape index (κ2) is 47.0. The van der Waals surface area contributed by atoms with E-state index in [2.05, 4.69) is 165 Å². The number of hydrogen-bond donors (Lipinski definition) is 1. The Balaban J connectivity index is 0.00000124. The number of benzene rings is 3. The third-order valence-corrected chi connectivity index (χ3v) is 15.8. The summed E-state index contributed by atoms with van der Waals surface area (Å²) >= 11 is 0. The van der Waals surface area contributed by atoms with E-state index < -0.39 is 70.3 Å². The number of halogens is 12. The molecule has 0 aliphatic heterocycles. The third-order valence-electron chi connectivity index (χ3n) is 13.5. The third kappa shape index (κ3) is 40.6. The van der Waals surface area contributed by atoms with Gasteiger partial charge in [0.2, 0.25) is 0 Å². The number of pyridine rings is 6. The number of rotatable bonds is 24. The molecular weight excluding hydrogens is 1750 g/mol. The number of phosphoric acid groups is 1. The molecular formula is C64H61F12N10O16PS4Zn3. The summed E-state index contributed by atoms with van der Waals surface area (Å²) in [7, 11) is -29.5. The maximum Gasteiger partial charge on any atom is 2.00 e. The van der Waals surface area contributed by atoms with Crippen molar-refractivity contribution < 1.29 is 182 Å². The summed E-state index contributed by atoms with van der Waals surface area (Å²) in [5.74, 6) is 0. The minimum atomic E-state index is -6.09. The molecule has 0 saturated carbocycles. The van der Waals surface area contributed by atoms with Gasteiger partial charge in [0, 0.05) is 116 Å². The maximum absolute atomic E-state index is 10.7. The average molecular weight is 1810 g/mol. The molecule has 9 rings (SSSR count). The van der Waals surface area contributed by atoms with Gasteiger partial charge in [-0.25, -0.2) is 33.7 Å². The molecule has 0 fully saturated rings. The van der Waals surface area contributed by atoms with E-state index in [9.17, 15) is 52.7 Å². The van der Waals surface area contributed by atoms with E-state index in [1.54, 1.807) is 0 Å². The molecule has 0 radical (unpaired) electrons. The maximum atomic E-state index is 10.7. The molecule has 0 unspecified atom stereocenters. The Morgan fingerprint density at radius 2 is 0.382 bits per heavy atom. The first kappa shape index (κ1) is 101. The summed E-state index contributed by atoms with van der Waals surface area (Å²) in [4.78, 5) is 62.6. The Kier molecular flexibility index (Phi) is 43.2. The van der Waals surface area contributed by atoms with Crippen LogP contribution in [0.25, 0.3) is 0 Å². The van der Waals surface area contributed by atoms with E-state index in [1.807, 2.05) is 73.6 Å². The standard InChI is InChI=1S/C60H60N10.4CHF3O3S.H3O4P.3Zn/c1-4-22-52(40-68(43-55-25-7-13-31-61-55)44-56-26-8-14-32-62-56)49(19-1)37-67(38-50-20-2-5-23-53(50)41-69(45-57-27-9-15-33-63-57)46-58-28-10-16-34-64-58)39-51-21-3-6-24-54(51)42-70(47-59-29-11-17-35-65-59)48-60-30-12-18-36-66-60;4*2-1(3,4)8(5,6)7;1-5(2,3)4;;;/h1-36H,37-48H2;4*(H,5,6,7);(H3,1,2,3,4);;;/q;;;;;;3*+2/p-6. The van der Waals surface area contributed by atoms with E-state index in [0.29, 0.717) is 39.3 Å². The van der Waals surface area contributed by atoms with E-state index in [4.69, 9.17) is 101 Å². The number of aromatic nitrogens is 6. The van der Waals surface area contributed by atoms with Crippen molar-refractivity contribution in [3.05, 3.63) is 287 Å². The fourth-order valence-electron chi connectivity index (χ4n) is 9.04. The van der Waals surface area contributed by atoms with E-state index in [-0.39, 0.29) is 58.4 Å². The van der Waals surface area contributed by atoms with Gasteiger partial charge in [-0.05, 0) is 106 Å². The number of alkyl halides is 12. The van der Waals surface area contributed by atoms with Gasteiger partial charge in [0.25, 0.3) is 0 Å². The zero-order valence-electron chi connectivity index (χ0n) is 57.1. The van der Waals surface area contributed by atoms with E-state index in [1.165, 1.54) is 33.4 Å². The van der Waals surface area contributed by atoms with Crippen molar-refractivity contribution in [3.63, 3.8) is 0 Å². The van der Waals surface area contributed by atoms with Gasteiger partial charge >= 0.3 is 80.5 Å². The van der Waals surface area contributed by atoms with Crippen LogP contribution in [0.2, 0.25) is 0 Å². The Morgan fingerprint density at radius 1 is 0.273 bits per heavy atom. The van der Waals surface area contributed by atoms with Crippen molar-refractivity contribution in [1.82, 2.24) is 49.5 Å². The van der Waals surface area contributed by atoms with E-state index >= 15 is 0 Å². The van der Waals surface area contributed by atoms with Crippen LogP contribution in [-0.2, 0) is 182 Å². The molecule has 110 heavy (non-hydrogen) atoms. The molecule has 0 amide bonds. The Bertz CT molecular complexity index is 4070. The number of hydrogen-bond acceptors (Lipinski definition) is 25. The van der Waals surface area contributed by atoms with Gasteiger partial charge < -0.3 is 37.5 Å². The predicted octanol–water partition coefficient (Wildman–Crippen LogP) is 8.87. The molecule has 1 N–H and O–H groups in total. The second-order valence-corrected chi connectivity index (χ2v) is 28.3. The van der Waals surface area contributed by atoms with Crippen molar-refractivity contribution in [3.8, 4) is 0 Å². The van der Waals surface area contributed by atoms with Crippen LogP contribution in [0.4, 0.5) is 52.7 Å². The minimum Gasteiger partial charge on any atom is -0.790 e. The summed E-state index contributed by atoms with van der Waals surface area (Å²) in [5, 5.41) is 0. The van der Waals surface area contributed by atoms with Gasteiger partial charge in [0.05, 0.1) is 42.0 Å². The summed E-state index contributed by atoms with van der Waals surface area (Å²) in [6.45, 7) is 8.71. The monoisotopic (exact) mass is 1800 g/mol. The van der Waals surface area contributed by atoms with Crippen molar-refractivity contribution in [2.75, 3.05) is 0 Å². The molecule has 0 spiro atoms. The molecule has 6 heterocycles.